The van der Waals surface area contributed by atoms with Crippen LogP contribution in [-0.4, -0.2) is 31.7 Å². The molecule has 0 aliphatic rings. The zero-order valence-electron chi connectivity index (χ0n) is 16.4. The molecule has 0 amide bonds. The average Bonchev–Trinajstić information content (AvgIpc) is 3.27. The van der Waals surface area contributed by atoms with Crippen LogP contribution in [0, 0.1) is 6.92 Å². The molecule has 0 atom stereocenters. The molecular formula is C22H24N4OS. The van der Waals surface area contributed by atoms with Gasteiger partial charge in [-0.1, -0.05) is 48.2 Å². The van der Waals surface area contributed by atoms with E-state index in [0.29, 0.717) is 6.61 Å². The summed E-state index contributed by atoms with van der Waals surface area (Å²) in [6.07, 6.45) is 2.17. The molecule has 0 fully saturated rings. The average molecular weight is 393 g/mol. The number of nitrogens with zero attached hydrogens (tertiary/aromatic N) is 4. The first-order valence-corrected chi connectivity index (χ1v) is 10.5. The highest BCUT2D eigenvalue weighted by molar-refractivity contribution is 7.99. The molecule has 4 aromatic rings. The second-order valence-corrected chi connectivity index (χ2v) is 7.74. The summed E-state index contributed by atoms with van der Waals surface area (Å²) in [5.41, 5.74) is 3.50. The highest BCUT2D eigenvalue weighted by atomic mass is 32.2. The van der Waals surface area contributed by atoms with Crippen LogP contribution in [0.1, 0.15) is 12.5 Å². The Hall–Kier alpha value is -2.73. The first kappa shape index (κ1) is 18.6. The third-order valence-corrected chi connectivity index (χ3v) is 5.86. The maximum Gasteiger partial charge on any atom is 0.191 e. The van der Waals surface area contributed by atoms with Crippen LogP contribution in [0.4, 0.5) is 0 Å². The third kappa shape index (κ3) is 3.52. The van der Waals surface area contributed by atoms with Gasteiger partial charge in [-0.3, -0.25) is 0 Å². The summed E-state index contributed by atoms with van der Waals surface area (Å²) in [7, 11) is 2.03. The van der Waals surface area contributed by atoms with Gasteiger partial charge in [-0.15, -0.1) is 10.2 Å². The first-order valence-electron chi connectivity index (χ1n) is 9.48. The SMILES string of the molecule is CCn1cc(-c2nnc(SCCOc3ccccc3C)n2C)c2ccccc21. The Morgan fingerprint density at radius 2 is 1.82 bits per heavy atom. The molecular weight excluding hydrogens is 368 g/mol. The predicted octanol–water partition coefficient (Wildman–Crippen LogP) is 4.94. The van der Waals surface area contributed by atoms with Gasteiger partial charge in [-0.05, 0) is 31.5 Å². The molecule has 2 aromatic heterocycles. The van der Waals surface area contributed by atoms with Crippen LogP contribution < -0.4 is 4.74 Å². The Bertz CT molecular complexity index is 1100. The van der Waals surface area contributed by atoms with Crippen molar-refractivity contribution in [1.29, 1.82) is 0 Å². The van der Waals surface area contributed by atoms with Gasteiger partial charge in [0.25, 0.3) is 0 Å². The number of para-hydroxylation sites is 2. The Morgan fingerprint density at radius 1 is 1.04 bits per heavy atom. The molecule has 144 valence electrons. The van der Waals surface area contributed by atoms with Gasteiger partial charge >= 0.3 is 0 Å². The summed E-state index contributed by atoms with van der Waals surface area (Å²) in [5, 5.41) is 11.0. The Kier molecular flexibility index (Phi) is 5.39. The summed E-state index contributed by atoms with van der Waals surface area (Å²) in [6, 6.07) is 16.5. The number of benzene rings is 2. The van der Waals surface area contributed by atoms with Gasteiger partial charge in [-0.25, -0.2) is 0 Å². The van der Waals surface area contributed by atoms with E-state index in [9.17, 15) is 0 Å². The van der Waals surface area contributed by atoms with E-state index in [1.807, 2.05) is 25.2 Å². The van der Waals surface area contributed by atoms with Crippen LogP contribution in [-0.2, 0) is 13.6 Å². The van der Waals surface area contributed by atoms with E-state index in [-0.39, 0.29) is 0 Å². The van der Waals surface area contributed by atoms with Crippen molar-refractivity contribution in [3.05, 3.63) is 60.3 Å². The summed E-state index contributed by atoms with van der Waals surface area (Å²) in [4.78, 5) is 0. The molecule has 6 heteroatoms. The van der Waals surface area contributed by atoms with Crippen LogP contribution in [0.25, 0.3) is 22.3 Å². The van der Waals surface area contributed by atoms with Crippen molar-refractivity contribution < 1.29 is 4.74 Å². The molecule has 0 aliphatic carbocycles. The second-order valence-electron chi connectivity index (χ2n) is 6.67. The fourth-order valence-electron chi connectivity index (χ4n) is 3.36. The van der Waals surface area contributed by atoms with Gasteiger partial charge in [0.2, 0.25) is 0 Å². The highest BCUT2D eigenvalue weighted by Crippen LogP contribution is 2.31. The second kappa shape index (κ2) is 8.10. The van der Waals surface area contributed by atoms with Crippen LogP contribution in [0.3, 0.4) is 0 Å². The van der Waals surface area contributed by atoms with Gasteiger partial charge in [0, 0.05) is 42.0 Å². The van der Waals surface area contributed by atoms with Crippen LogP contribution in [0.5, 0.6) is 5.75 Å². The number of aromatic nitrogens is 4. The Morgan fingerprint density at radius 3 is 2.64 bits per heavy atom. The monoisotopic (exact) mass is 392 g/mol. The van der Waals surface area contributed by atoms with E-state index >= 15 is 0 Å². The largest absolute Gasteiger partial charge is 0.492 e. The first-order chi connectivity index (χ1) is 13.7. The highest BCUT2D eigenvalue weighted by Gasteiger charge is 2.16. The molecule has 0 radical (unpaired) electrons. The summed E-state index contributed by atoms with van der Waals surface area (Å²) in [6.45, 7) is 5.77. The lowest BCUT2D eigenvalue weighted by atomic mass is 10.1. The molecule has 0 N–H and O–H groups in total. The van der Waals surface area contributed by atoms with E-state index in [1.54, 1.807) is 11.8 Å². The van der Waals surface area contributed by atoms with Crippen molar-refractivity contribution in [3.8, 4) is 17.1 Å². The maximum atomic E-state index is 5.88. The molecule has 0 unspecified atom stereocenters. The quantitative estimate of drug-likeness (QED) is 0.330. The van der Waals surface area contributed by atoms with Gasteiger partial charge in [-0.2, -0.15) is 0 Å². The smallest absolute Gasteiger partial charge is 0.191 e. The summed E-state index contributed by atoms with van der Waals surface area (Å²) in [5.74, 6) is 2.65. The number of hydrogen-bond donors (Lipinski definition) is 0. The van der Waals surface area contributed by atoms with E-state index in [2.05, 4.69) is 69.7 Å². The fraction of sp³-hybridized carbons (Fsp3) is 0.273. The van der Waals surface area contributed by atoms with Gasteiger partial charge < -0.3 is 13.9 Å². The maximum absolute atomic E-state index is 5.88. The lowest BCUT2D eigenvalue weighted by molar-refractivity contribution is 0.341. The molecule has 0 spiro atoms. The van der Waals surface area contributed by atoms with Crippen molar-refractivity contribution in [2.24, 2.45) is 7.05 Å². The number of ether oxygens (including phenoxy) is 1. The van der Waals surface area contributed by atoms with E-state index in [0.717, 1.165) is 40.2 Å². The Balaban J connectivity index is 1.49. The minimum absolute atomic E-state index is 0.632. The molecule has 2 heterocycles. The molecule has 5 nitrogen and oxygen atoms in total. The fourth-order valence-corrected chi connectivity index (χ4v) is 4.09. The summed E-state index contributed by atoms with van der Waals surface area (Å²) >= 11 is 1.66. The summed E-state index contributed by atoms with van der Waals surface area (Å²) < 4.78 is 10.2. The molecule has 0 aliphatic heterocycles. The lowest BCUT2D eigenvalue weighted by Gasteiger charge is -2.08. The molecule has 0 bridgehead atoms. The molecule has 0 saturated heterocycles. The van der Waals surface area contributed by atoms with Crippen LogP contribution in [0.15, 0.2) is 59.9 Å². The Labute approximate surface area is 169 Å². The number of hydrogen-bond acceptors (Lipinski definition) is 4. The predicted molar refractivity (Wildman–Crippen MR) is 115 cm³/mol. The normalized spacial score (nSPS) is 11.2. The zero-order chi connectivity index (χ0) is 19.5. The van der Waals surface area contributed by atoms with Crippen molar-refractivity contribution in [2.75, 3.05) is 12.4 Å². The minimum Gasteiger partial charge on any atom is -0.492 e. The number of thioether (sulfide) groups is 1. The molecule has 0 saturated carbocycles. The van der Waals surface area contributed by atoms with E-state index in [1.165, 1.54) is 10.9 Å². The van der Waals surface area contributed by atoms with Crippen molar-refractivity contribution in [2.45, 2.75) is 25.5 Å². The van der Waals surface area contributed by atoms with Gasteiger partial charge in [0.15, 0.2) is 11.0 Å². The third-order valence-electron chi connectivity index (χ3n) is 4.87. The molecule has 2 aromatic carbocycles. The molecule has 28 heavy (non-hydrogen) atoms. The van der Waals surface area contributed by atoms with Crippen LogP contribution in [0.2, 0.25) is 0 Å². The van der Waals surface area contributed by atoms with E-state index in [4.69, 9.17) is 4.74 Å². The van der Waals surface area contributed by atoms with Gasteiger partial charge in [0.05, 0.1) is 6.61 Å². The molecule has 4 rings (SSSR count). The number of aryl methyl sites for hydroxylation is 2. The van der Waals surface area contributed by atoms with Crippen molar-refractivity contribution >= 4 is 22.7 Å². The lowest BCUT2D eigenvalue weighted by Crippen LogP contribution is -2.03. The number of fused-ring (bicyclic) bond motifs is 1. The minimum atomic E-state index is 0.632. The zero-order valence-corrected chi connectivity index (χ0v) is 17.2. The topological polar surface area (TPSA) is 44.9 Å². The number of rotatable bonds is 7. The standard InChI is InChI=1S/C22H24N4OS/c1-4-26-15-18(17-10-6-7-11-19(17)26)21-23-24-22(25(21)3)28-14-13-27-20-12-8-5-9-16(20)2/h5-12,15H,4,13-14H2,1-3H3. The van der Waals surface area contributed by atoms with Gasteiger partial charge in [0.1, 0.15) is 5.75 Å². The van der Waals surface area contributed by atoms with Crippen LogP contribution >= 0.6 is 11.8 Å². The van der Waals surface area contributed by atoms with E-state index < -0.39 is 0 Å². The van der Waals surface area contributed by atoms with Crippen molar-refractivity contribution in [3.63, 3.8) is 0 Å². The van der Waals surface area contributed by atoms with Crippen molar-refractivity contribution in [1.82, 2.24) is 19.3 Å².